The standard InChI is InChI=1S/C11H22ClN/c1-2-3-4-5-6-9-13-11(10-12)7-8-11/h13H,2-10H2,1H3. The molecule has 0 atom stereocenters. The van der Waals surface area contributed by atoms with Gasteiger partial charge in [-0.3, -0.25) is 0 Å². The summed E-state index contributed by atoms with van der Waals surface area (Å²) in [6, 6.07) is 0. The molecule has 0 aromatic carbocycles. The van der Waals surface area contributed by atoms with Gasteiger partial charge in [0.2, 0.25) is 0 Å². The Morgan fingerprint density at radius 1 is 1.15 bits per heavy atom. The number of hydrogen-bond donors (Lipinski definition) is 1. The van der Waals surface area contributed by atoms with Crippen LogP contribution in [0.2, 0.25) is 0 Å². The molecule has 1 aliphatic rings. The molecule has 0 spiro atoms. The molecule has 0 amide bonds. The monoisotopic (exact) mass is 203 g/mol. The minimum absolute atomic E-state index is 0.353. The van der Waals surface area contributed by atoms with Crippen molar-refractivity contribution < 1.29 is 0 Å². The largest absolute Gasteiger partial charge is 0.310 e. The van der Waals surface area contributed by atoms with Gasteiger partial charge in [0.05, 0.1) is 0 Å². The Hall–Kier alpha value is 0.250. The van der Waals surface area contributed by atoms with Crippen LogP contribution >= 0.6 is 11.6 Å². The van der Waals surface area contributed by atoms with Crippen LogP contribution in [0.1, 0.15) is 51.9 Å². The molecule has 0 heterocycles. The van der Waals surface area contributed by atoms with Crippen LogP contribution in [0.4, 0.5) is 0 Å². The second-order valence-corrected chi connectivity index (χ2v) is 4.52. The van der Waals surface area contributed by atoms with Crippen LogP contribution in [-0.4, -0.2) is 18.0 Å². The van der Waals surface area contributed by atoms with Crippen LogP contribution in [0, 0.1) is 0 Å². The first-order chi connectivity index (χ1) is 6.33. The molecule has 0 unspecified atom stereocenters. The third kappa shape index (κ3) is 4.33. The number of hydrogen-bond acceptors (Lipinski definition) is 1. The van der Waals surface area contributed by atoms with Crippen LogP contribution in [-0.2, 0) is 0 Å². The van der Waals surface area contributed by atoms with E-state index in [4.69, 9.17) is 11.6 Å². The second-order valence-electron chi connectivity index (χ2n) is 4.25. The van der Waals surface area contributed by atoms with Crippen LogP contribution < -0.4 is 5.32 Å². The van der Waals surface area contributed by atoms with Crippen LogP contribution in [0.5, 0.6) is 0 Å². The molecule has 13 heavy (non-hydrogen) atoms. The number of nitrogens with one attached hydrogen (secondary N) is 1. The highest BCUT2D eigenvalue weighted by Gasteiger charge is 2.40. The summed E-state index contributed by atoms with van der Waals surface area (Å²) in [6.45, 7) is 3.42. The summed E-state index contributed by atoms with van der Waals surface area (Å²) in [5.74, 6) is 0.794. The summed E-state index contributed by atoms with van der Waals surface area (Å²) in [4.78, 5) is 0. The highest BCUT2D eigenvalue weighted by molar-refractivity contribution is 6.18. The summed E-state index contributed by atoms with van der Waals surface area (Å²) in [5.41, 5.74) is 0.353. The molecule has 1 N–H and O–H groups in total. The first kappa shape index (κ1) is 11.3. The second kappa shape index (κ2) is 5.87. The summed E-state index contributed by atoms with van der Waals surface area (Å²) < 4.78 is 0. The van der Waals surface area contributed by atoms with Gasteiger partial charge in [0.1, 0.15) is 0 Å². The van der Waals surface area contributed by atoms with E-state index in [0.29, 0.717) is 5.54 Å². The van der Waals surface area contributed by atoms with E-state index < -0.39 is 0 Å². The summed E-state index contributed by atoms with van der Waals surface area (Å²) in [7, 11) is 0. The van der Waals surface area contributed by atoms with Gasteiger partial charge in [-0.15, -0.1) is 11.6 Å². The average Bonchev–Trinajstić information content (AvgIpc) is 2.92. The van der Waals surface area contributed by atoms with E-state index in [1.807, 2.05) is 0 Å². The summed E-state index contributed by atoms with van der Waals surface area (Å²) in [5, 5.41) is 3.56. The maximum Gasteiger partial charge on any atom is 0.0406 e. The third-order valence-corrected chi connectivity index (χ3v) is 3.40. The Labute approximate surface area is 87.2 Å². The summed E-state index contributed by atoms with van der Waals surface area (Å²) in [6.07, 6.45) is 9.38. The van der Waals surface area contributed by atoms with Crippen molar-refractivity contribution >= 4 is 11.6 Å². The van der Waals surface area contributed by atoms with Gasteiger partial charge in [-0.05, 0) is 25.8 Å². The topological polar surface area (TPSA) is 12.0 Å². The SMILES string of the molecule is CCCCCCCNC1(CCl)CC1. The molecule has 2 heteroatoms. The minimum atomic E-state index is 0.353. The van der Waals surface area contributed by atoms with Crippen molar-refractivity contribution in [2.75, 3.05) is 12.4 Å². The van der Waals surface area contributed by atoms with E-state index in [1.54, 1.807) is 0 Å². The zero-order chi connectivity index (χ0) is 9.57. The molecule has 1 aliphatic carbocycles. The molecule has 1 nitrogen and oxygen atoms in total. The molecular formula is C11H22ClN. The van der Waals surface area contributed by atoms with Gasteiger partial charge < -0.3 is 5.32 Å². The van der Waals surface area contributed by atoms with Crippen LogP contribution in [0.25, 0.3) is 0 Å². The Balaban J connectivity index is 1.84. The Bertz CT molecular complexity index is 132. The predicted octanol–water partition coefficient (Wildman–Crippen LogP) is 3.32. The van der Waals surface area contributed by atoms with Gasteiger partial charge >= 0.3 is 0 Å². The third-order valence-electron chi connectivity index (χ3n) is 2.89. The summed E-state index contributed by atoms with van der Waals surface area (Å²) >= 11 is 5.86. The quantitative estimate of drug-likeness (QED) is 0.472. The molecule has 0 aromatic rings. The highest BCUT2D eigenvalue weighted by Crippen LogP contribution is 2.36. The van der Waals surface area contributed by atoms with Gasteiger partial charge in [0.25, 0.3) is 0 Å². The molecular weight excluding hydrogens is 182 g/mol. The predicted molar refractivity (Wildman–Crippen MR) is 59.4 cm³/mol. The van der Waals surface area contributed by atoms with Crippen molar-refractivity contribution in [2.45, 2.75) is 57.4 Å². The molecule has 1 saturated carbocycles. The average molecular weight is 204 g/mol. The number of halogens is 1. The first-order valence-corrected chi connectivity index (χ1v) is 6.17. The fraction of sp³-hybridized carbons (Fsp3) is 1.00. The zero-order valence-corrected chi connectivity index (χ0v) is 9.50. The number of alkyl halides is 1. The number of rotatable bonds is 8. The molecule has 1 rings (SSSR count). The zero-order valence-electron chi connectivity index (χ0n) is 8.74. The minimum Gasteiger partial charge on any atom is -0.310 e. The highest BCUT2D eigenvalue weighted by atomic mass is 35.5. The maximum atomic E-state index is 5.86. The van der Waals surface area contributed by atoms with E-state index in [9.17, 15) is 0 Å². The van der Waals surface area contributed by atoms with Crippen molar-refractivity contribution in [3.05, 3.63) is 0 Å². The van der Waals surface area contributed by atoms with Gasteiger partial charge in [0, 0.05) is 11.4 Å². The molecule has 0 radical (unpaired) electrons. The first-order valence-electron chi connectivity index (χ1n) is 5.64. The van der Waals surface area contributed by atoms with Crippen LogP contribution in [0.3, 0.4) is 0 Å². The van der Waals surface area contributed by atoms with E-state index >= 15 is 0 Å². The van der Waals surface area contributed by atoms with E-state index in [1.165, 1.54) is 44.9 Å². The molecule has 0 bridgehead atoms. The molecule has 78 valence electrons. The molecule has 0 aliphatic heterocycles. The maximum absolute atomic E-state index is 5.86. The van der Waals surface area contributed by atoms with Gasteiger partial charge in [-0.25, -0.2) is 0 Å². The molecule has 0 aromatic heterocycles. The fourth-order valence-corrected chi connectivity index (χ4v) is 1.95. The van der Waals surface area contributed by atoms with Crippen molar-refractivity contribution in [3.63, 3.8) is 0 Å². The smallest absolute Gasteiger partial charge is 0.0406 e. The van der Waals surface area contributed by atoms with E-state index in [0.717, 1.165) is 12.4 Å². The molecule has 1 fully saturated rings. The lowest BCUT2D eigenvalue weighted by molar-refractivity contribution is 0.510. The normalized spacial score (nSPS) is 18.9. The van der Waals surface area contributed by atoms with Gasteiger partial charge in [0.15, 0.2) is 0 Å². The van der Waals surface area contributed by atoms with Crippen molar-refractivity contribution in [2.24, 2.45) is 0 Å². The van der Waals surface area contributed by atoms with E-state index in [2.05, 4.69) is 12.2 Å². The molecule has 0 saturated heterocycles. The lowest BCUT2D eigenvalue weighted by Gasteiger charge is -2.13. The van der Waals surface area contributed by atoms with Crippen molar-refractivity contribution in [3.8, 4) is 0 Å². The fourth-order valence-electron chi connectivity index (χ4n) is 1.59. The van der Waals surface area contributed by atoms with Gasteiger partial charge in [-0.2, -0.15) is 0 Å². The van der Waals surface area contributed by atoms with E-state index in [-0.39, 0.29) is 0 Å². The lowest BCUT2D eigenvalue weighted by Crippen LogP contribution is -2.33. The number of unbranched alkanes of at least 4 members (excludes halogenated alkanes) is 4. The van der Waals surface area contributed by atoms with Crippen LogP contribution in [0.15, 0.2) is 0 Å². The Morgan fingerprint density at radius 2 is 1.85 bits per heavy atom. The Morgan fingerprint density at radius 3 is 2.38 bits per heavy atom. The lowest BCUT2D eigenvalue weighted by atomic mass is 10.1. The van der Waals surface area contributed by atoms with Crippen molar-refractivity contribution in [1.29, 1.82) is 0 Å². The van der Waals surface area contributed by atoms with Crippen molar-refractivity contribution in [1.82, 2.24) is 5.32 Å². The Kier molecular flexibility index (Phi) is 5.12. The van der Waals surface area contributed by atoms with Gasteiger partial charge in [-0.1, -0.05) is 32.6 Å².